The maximum absolute atomic E-state index is 14.1. The Balaban J connectivity index is 1.47. The number of anilines is 2. The molecular formula is C29H20FN5O5. The smallest absolute Gasteiger partial charge is 0.409 e. The number of ether oxygens (including phenoxy) is 1. The topological polar surface area (TPSA) is 127 Å². The molecule has 3 heterocycles. The summed E-state index contributed by atoms with van der Waals surface area (Å²) in [5, 5.41) is 16.2. The second-order valence-electron chi connectivity index (χ2n) is 9.05. The lowest BCUT2D eigenvalue weighted by Gasteiger charge is -2.23. The van der Waals surface area contributed by atoms with Gasteiger partial charge in [-0.15, -0.1) is 0 Å². The van der Waals surface area contributed by atoms with Crippen molar-refractivity contribution in [1.82, 2.24) is 14.8 Å². The molecular weight excluding hydrogens is 517 g/mol. The van der Waals surface area contributed by atoms with E-state index in [0.29, 0.717) is 27.8 Å². The highest BCUT2D eigenvalue weighted by atomic mass is 19.1. The van der Waals surface area contributed by atoms with E-state index in [4.69, 9.17) is 4.74 Å². The minimum Gasteiger partial charge on any atom is -0.482 e. The zero-order valence-electron chi connectivity index (χ0n) is 20.9. The number of carboxylic acid groups (broad SMARTS) is 1. The van der Waals surface area contributed by atoms with Gasteiger partial charge < -0.3 is 9.84 Å². The van der Waals surface area contributed by atoms with Crippen LogP contribution in [0, 0.1) is 5.82 Å². The molecule has 0 unspecified atom stereocenters. The van der Waals surface area contributed by atoms with Crippen LogP contribution in [0.5, 0.6) is 5.75 Å². The lowest BCUT2D eigenvalue weighted by molar-refractivity contribution is 0.0922. The number of imide groups is 1. The van der Waals surface area contributed by atoms with Gasteiger partial charge in [-0.25, -0.2) is 23.8 Å². The molecule has 10 nitrogen and oxygen atoms in total. The number of halogens is 1. The Hall–Kier alpha value is -5.58. The Morgan fingerprint density at radius 3 is 2.42 bits per heavy atom. The fraction of sp³-hybridized carbons (Fsp3) is 0.0690. The van der Waals surface area contributed by atoms with Crippen molar-refractivity contribution in [2.24, 2.45) is 0 Å². The summed E-state index contributed by atoms with van der Waals surface area (Å²) in [5.74, 6) is -1.59. The van der Waals surface area contributed by atoms with Crippen LogP contribution in [-0.2, 0) is 0 Å². The first-order chi connectivity index (χ1) is 19.3. The van der Waals surface area contributed by atoms with E-state index in [9.17, 15) is 23.9 Å². The summed E-state index contributed by atoms with van der Waals surface area (Å²) in [6.45, 7) is 1.72. The standard InChI is InChI=1S/C29H20FN5O5/c1-16(22-15-19(32-29(38)39)8-10-24(22)34-12-4-11-31-34)40-25-14-17-13-18(30)7-9-23(17)33-26(25)35-27(36)20-5-2-3-6-21(20)28(35)37/h2-16,32H,1H3,(H,38,39)/t16-/m0/s1. The van der Waals surface area contributed by atoms with E-state index in [1.54, 1.807) is 72.5 Å². The monoisotopic (exact) mass is 537 g/mol. The number of benzene rings is 3. The first-order valence-electron chi connectivity index (χ1n) is 12.2. The molecule has 5 aromatic rings. The molecule has 3 aromatic carbocycles. The average Bonchev–Trinajstić information content (AvgIpc) is 3.55. The van der Waals surface area contributed by atoms with Gasteiger partial charge in [-0.05, 0) is 67.6 Å². The maximum atomic E-state index is 14.1. The molecule has 0 bridgehead atoms. The number of hydrogen-bond donors (Lipinski definition) is 2. The number of fused-ring (bicyclic) bond motifs is 2. The van der Waals surface area contributed by atoms with Crippen molar-refractivity contribution in [2.45, 2.75) is 13.0 Å². The molecule has 1 aliphatic rings. The molecule has 0 aliphatic carbocycles. The zero-order chi connectivity index (χ0) is 28.0. The predicted molar refractivity (Wildman–Crippen MR) is 144 cm³/mol. The lowest BCUT2D eigenvalue weighted by Crippen LogP contribution is -2.31. The van der Waals surface area contributed by atoms with Crippen molar-refractivity contribution in [2.75, 3.05) is 10.2 Å². The Morgan fingerprint density at radius 2 is 1.75 bits per heavy atom. The molecule has 2 aromatic heterocycles. The maximum Gasteiger partial charge on any atom is 0.409 e. The summed E-state index contributed by atoms with van der Waals surface area (Å²) in [7, 11) is 0. The number of aromatic nitrogens is 3. The quantitative estimate of drug-likeness (QED) is 0.270. The normalized spacial score (nSPS) is 13.4. The average molecular weight is 538 g/mol. The molecule has 0 radical (unpaired) electrons. The van der Waals surface area contributed by atoms with Gasteiger partial charge in [0.2, 0.25) is 0 Å². The number of pyridine rings is 1. The van der Waals surface area contributed by atoms with Gasteiger partial charge in [-0.1, -0.05) is 12.1 Å². The highest BCUT2D eigenvalue weighted by Crippen LogP contribution is 2.39. The van der Waals surface area contributed by atoms with Crippen molar-refractivity contribution in [1.29, 1.82) is 0 Å². The highest BCUT2D eigenvalue weighted by molar-refractivity contribution is 6.34. The van der Waals surface area contributed by atoms with E-state index in [1.165, 1.54) is 24.3 Å². The van der Waals surface area contributed by atoms with Crippen molar-refractivity contribution in [3.63, 3.8) is 0 Å². The second-order valence-corrected chi connectivity index (χ2v) is 9.05. The molecule has 11 heteroatoms. The third kappa shape index (κ3) is 4.29. The number of carbonyl (C=O) groups excluding carboxylic acids is 2. The van der Waals surface area contributed by atoms with Gasteiger partial charge in [0.05, 0.1) is 22.3 Å². The Morgan fingerprint density at radius 1 is 1.00 bits per heavy atom. The van der Waals surface area contributed by atoms with Crippen LogP contribution in [-0.4, -0.2) is 37.8 Å². The number of nitrogens with one attached hydrogen (secondary N) is 1. The number of rotatable bonds is 6. The highest BCUT2D eigenvalue weighted by Gasteiger charge is 2.39. The predicted octanol–water partition coefficient (Wildman–Crippen LogP) is 5.59. The van der Waals surface area contributed by atoms with Gasteiger partial charge in [-0.2, -0.15) is 5.10 Å². The van der Waals surface area contributed by atoms with E-state index >= 15 is 0 Å². The molecule has 0 saturated heterocycles. The summed E-state index contributed by atoms with van der Waals surface area (Å²) in [5.41, 5.74) is 2.28. The Kier molecular flexibility index (Phi) is 5.95. The van der Waals surface area contributed by atoms with Crippen molar-refractivity contribution in [3.8, 4) is 11.4 Å². The molecule has 40 heavy (non-hydrogen) atoms. The molecule has 1 aliphatic heterocycles. The molecule has 198 valence electrons. The summed E-state index contributed by atoms with van der Waals surface area (Å²) in [4.78, 5) is 43.5. The summed E-state index contributed by atoms with van der Waals surface area (Å²) in [6, 6.07) is 18.6. The molecule has 2 N–H and O–H groups in total. The minimum atomic E-state index is -1.24. The summed E-state index contributed by atoms with van der Waals surface area (Å²) < 4.78 is 22.0. The van der Waals surface area contributed by atoms with E-state index < -0.39 is 29.8 Å². The first-order valence-corrected chi connectivity index (χ1v) is 12.2. The van der Waals surface area contributed by atoms with Crippen LogP contribution < -0.4 is 15.0 Å². The number of amides is 3. The SMILES string of the molecule is C[C@H](Oc1cc2cc(F)ccc2nc1N1C(=O)c2ccccc2C1=O)c1cc(NC(=O)O)ccc1-n1cccn1. The van der Waals surface area contributed by atoms with Crippen LogP contribution in [0.15, 0.2) is 85.2 Å². The fourth-order valence-corrected chi connectivity index (χ4v) is 4.70. The van der Waals surface area contributed by atoms with E-state index in [-0.39, 0.29) is 22.7 Å². The number of carbonyl (C=O) groups is 3. The van der Waals surface area contributed by atoms with Crippen LogP contribution in [0.2, 0.25) is 0 Å². The Labute approximate surface area is 226 Å². The zero-order valence-corrected chi connectivity index (χ0v) is 20.9. The molecule has 0 fully saturated rings. The number of hydrogen-bond acceptors (Lipinski definition) is 6. The first kappa shape index (κ1) is 24.7. The van der Waals surface area contributed by atoms with Crippen molar-refractivity contribution in [3.05, 3.63) is 108 Å². The third-order valence-electron chi connectivity index (χ3n) is 6.50. The van der Waals surface area contributed by atoms with Crippen LogP contribution in [0.4, 0.5) is 20.7 Å². The Bertz CT molecular complexity index is 1790. The van der Waals surface area contributed by atoms with Gasteiger partial charge >= 0.3 is 6.09 Å². The van der Waals surface area contributed by atoms with Gasteiger partial charge in [-0.3, -0.25) is 14.9 Å². The van der Waals surface area contributed by atoms with Gasteiger partial charge in [0.25, 0.3) is 11.8 Å². The summed E-state index contributed by atoms with van der Waals surface area (Å²) in [6.07, 6.45) is 1.32. The minimum absolute atomic E-state index is 0.0439. The molecule has 6 rings (SSSR count). The van der Waals surface area contributed by atoms with Crippen molar-refractivity contribution < 1.29 is 28.6 Å². The van der Waals surface area contributed by atoms with Crippen LogP contribution >= 0.6 is 0 Å². The van der Waals surface area contributed by atoms with Gasteiger partial charge in [0.1, 0.15) is 11.9 Å². The van der Waals surface area contributed by atoms with E-state index in [1.807, 2.05) is 0 Å². The number of nitrogens with zero attached hydrogens (tertiary/aromatic N) is 4. The van der Waals surface area contributed by atoms with E-state index in [0.717, 1.165) is 4.90 Å². The second kappa shape index (κ2) is 9.62. The largest absolute Gasteiger partial charge is 0.482 e. The third-order valence-corrected chi connectivity index (χ3v) is 6.50. The fourth-order valence-electron chi connectivity index (χ4n) is 4.70. The lowest BCUT2D eigenvalue weighted by atomic mass is 10.1. The van der Waals surface area contributed by atoms with Crippen LogP contribution in [0.3, 0.4) is 0 Å². The van der Waals surface area contributed by atoms with Gasteiger partial charge in [0.15, 0.2) is 11.6 Å². The van der Waals surface area contributed by atoms with Crippen LogP contribution in [0.25, 0.3) is 16.6 Å². The van der Waals surface area contributed by atoms with Crippen molar-refractivity contribution >= 4 is 40.3 Å². The van der Waals surface area contributed by atoms with Crippen LogP contribution in [0.1, 0.15) is 39.3 Å². The van der Waals surface area contributed by atoms with Gasteiger partial charge in [0, 0.05) is 29.0 Å². The molecule has 0 saturated carbocycles. The molecule has 3 amide bonds. The molecule has 1 atom stereocenters. The summed E-state index contributed by atoms with van der Waals surface area (Å²) >= 11 is 0. The molecule has 0 spiro atoms. The van der Waals surface area contributed by atoms with E-state index in [2.05, 4.69) is 15.4 Å².